The summed E-state index contributed by atoms with van der Waals surface area (Å²) in [4.78, 5) is 12.6. The lowest BCUT2D eigenvalue weighted by molar-refractivity contribution is -0.128. The number of hydrogen-bond acceptors (Lipinski definition) is 5. The SMILES string of the molecule is C[C@@H]1Oc2ccccc2O[C@@H]1C(=O)Nc1cccc(S(C)(=O)=O)c1. The van der Waals surface area contributed by atoms with Crippen molar-refractivity contribution < 1.29 is 22.7 Å². The molecule has 0 saturated carbocycles. The number of fused-ring (bicyclic) bond motifs is 1. The van der Waals surface area contributed by atoms with E-state index in [1.165, 1.54) is 12.1 Å². The highest BCUT2D eigenvalue weighted by molar-refractivity contribution is 7.90. The zero-order valence-electron chi connectivity index (χ0n) is 13.2. The van der Waals surface area contributed by atoms with E-state index in [1.54, 1.807) is 37.3 Å². The first-order valence-electron chi connectivity index (χ1n) is 7.38. The molecule has 0 radical (unpaired) electrons. The Morgan fingerprint density at radius 2 is 1.71 bits per heavy atom. The highest BCUT2D eigenvalue weighted by Crippen LogP contribution is 2.33. The normalized spacial score (nSPS) is 19.6. The summed E-state index contributed by atoms with van der Waals surface area (Å²) in [6, 6.07) is 13.2. The second-order valence-electron chi connectivity index (χ2n) is 5.60. The Balaban J connectivity index is 1.78. The topological polar surface area (TPSA) is 81.7 Å². The molecule has 1 aliphatic rings. The maximum absolute atomic E-state index is 12.5. The molecule has 0 bridgehead atoms. The number of amides is 1. The first-order valence-corrected chi connectivity index (χ1v) is 9.27. The van der Waals surface area contributed by atoms with E-state index in [2.05, 4.69) is 5.32 Å². The molecule has 3 rings (SSSR count). The van der Waals surface area contributed by atoms with Crippen LogP contribution >= 0.6 is 0 Å². The number of carbonyl (C=O) groups is 1. The molecule has 7 heteroatoms. The fourth-order valence-corrected chi connectivity index (χ4v) is 3.09. The Morgan fingerprint density at radius 1 is 1.04 bits per heavy atom. The molecule has 24 heavy (non-hydrogen) atoms. The van der Waals surface area contributed by atoms with Gasteiger partial charge in [-0.15, -0.1) is 0 Å². The smallest absolute Gasteiger partial charge is 0.269 e. The van der Waals surface area contributed by atoms with E-state index in [4.69, 9.17) is 9.47 Å². The summed E-state index contributed by atoms with van der Waals surface area (Å²) in [7, 11) is -3.34. The van der Waals surface area contributed by atoms with Gasteiger partial charge in [0.05, 0.1) is 4.90 Å². The van der Waals surface area contributed by atoms with E-state index in [-0.39, 0.29) is 4.90 Å². The standard InChI is InChI=1S/C17H17NO5S/c1-11-16(23-15-9-4-3-8-14(15)22-11)17(19)18-12-6-5-7-13(10-12)24(2,20)21/h3-11,16H,1-2H3,(H,18,19)/t11-,16-/m0/s1. The average Bonchev–Trinajstić information content (AvgIpc) is 2.53. The van der Waals surface area contributed by atoms with Crippen molar-refractivity contribution in [2.24, 2.45) is 0 Å². The summed E-state index contributed by atoms with van der Waals surface area (Å²) in [5, 5.41) is 2.68. The van der Waals surface area contributed by atoms with Crippen LogP contribution in [0.1, 0.15) is 6.92 Å². The molecule has 1 N–H and O–H groups in total. The van der Waals surface area contributed by atoms with Crippen molar-refractivity contribution >= 4 is 21.4 Å². The Hall–Kier alpha value is -2.54. The van der Waals surface area contributed by atoms with Crippen LogP contribution in [0.5, 0.6) is 11.5 Å². The van der Waals surface area contributed by atoms with Crippen LogP contribution in [0.2, 0.25) is 0 Å². The van der Waals surface area contributed by atoms with Gasteiger partial charge in [0, 0.05) is 11.9 Å². The van der Waals surface area contributed by atoms with Crippen molar-refractivity contribution in [2.45, 2.75) is 24.0 Å². The van der Waals surface area contributed by atoms with Crippen molar-refractivity contribution in [1.29, 1.82) is 0 Å². The molecule has 2 aromatic rings. The highest BCUT2D eigenvalue weighted by atomic mass is 32.2. The van der Waals surface area contributed by atoms with Gasteiger partial charge in [0.1, 0.15) is 6.10 Å². The van der Waals surface area contributed by atoms with Crippen molar-refractivity contribution in [3.05, 3.63) is 48.5 Å². The summed E-state index contributed by atoms with van der Waals surface area (Å²) < 4.78 is 34.6. The van der Waals surface area contributed by atoms with Gasteiger partial charge in [-0.1, -0.05) is 18.2 Å². The molecule has 1 heterocycles. The van der Waals surface area contributed by atoms with Crippen LogP contribution in [0.15, 0.2) is 53.4 Å². The molecule has 1 amide bonds. The van der Waals surface area contributed by atoms with Gasteiger partial charge in [0.25, 0.3) is 5.91 Å². The van der Waals surface area contributed by atoms with E-state index < -0.39 is 28.0 Å². The average molecular weight is 347 g/mol. The second-order valence-corrected chi connectivity index (χ2v) is 7.61. The Morgan fingerprint density at radius 3 is 2.38 bits per heavy atom. The number of carbonyl (C=O) groups excluding carboxylic acids is 1. The van der Waals surface area contributed by atoms with Gasteiger partial charge < -0.3 is 14.8 Å². The summed E-state index contributed by atoms with van der Waals surface area (Å²) in [6.07, 6.45) is -0.190. The van der Waals surface area contributed by atoms with Gasteiger partial charge in [0.15, 0.2) is 21.3 Å². The van der Waals surface area contributed by atoms with E-state index in [1.807, 2.05) is 6.07 Å². The number of ether oxygens (including phenoxy) is 2. The summed E-state index contributed by atoms with van der Waals surface area (Å²) in [5.41, 5.74) is 0.387. The molecule has 1 aliphatic heterocycles. The number of benzene rings is 2. The number of nitrogens with one attached hydrogen (secondary N) is 1. The Bertz CT molecular complexity index is 878. The number of hydrogen-bond donors (Lipinski definition) is 1. The maximum atomic E-state index is 12.5. The third kappa shape index (κ3) is 3.35. The molecule has 0 spiro atoms. The molecular formula is C17H17NO5S. The number of rotatable bonds is 3. The first-order chi connectivity index (χ1) is 11.3. The van der Waals surface area contributed by atoms with Gasteiger partial charge in [-0.2, -0.15) is 0 Å². The van der Waals surface area contributed by atoms with Crippen molar-refractivity contribution in [1.82, 2.24) is 0 Å². The molecule has 0 aliphatic carbocycles. The minimum absolute atomic E-state index is 0.138. The van der Waals surface area contributed by atoms with E-state index in [0.717, 1.165) is 6.26 Å². The lowest BCUT2D eigenvalue weighted by Crippen LogP contribution is -2.46. The van der Waals surface area contributed by atoms with Crippen LogP contribution in [-0.2, 0) is 14.6 Å². The zero-order valence-corrected chi connectivity index (χ0v) is 14.0. The van der Waals surface area contributed by atoms with Crippen LogP contribution in [0.25, 0.3) is 0 Å². The molecule has 126 valence electrons. The lowest BCUT2D eigenvalue weighted by atomic mass is 10.1. The van der Waals surface area contributed by atoms with Crippen LogP contribution in [0.3, 0.4) is 0 Å². The number of sulfone groups is 1. The number of para-hydroxylation sites is 2. The quantitative estimate of drug-likeness (QED) is 0.921. The van der Waals surface area contributed by atoms with Gasteiger partial charge in [-0.05, 0) is 37.3 Å². The van der Waals surface area contributed by atoms with E-state index >= 15 is 0 Å². The first kappa shape index (κ1) is 16.3. The molecule has 0 unspecified atom stereocenters. The van der Waals surface area contributed by atoms with Crippen molar-refractivity contribution in [2.75, 3.05) is 11.6 Å². The summed E-state index contributed by atoms with van der Waals surface area (Å²) >= 11 is 0. The fraction of sp³-hybridized carbons (Fsp3) is 0.235. The van der Waals surface area contributed by atoms with Crippen LogP contribution < -0.4 is 14.8 Å². The Labute approximate surface area is 140 Å². The molecule has 2 aromatic carbocycles. The van der Waals surface area contributed by atoms with Gasteiger partial charge in [-0.25, -0.2) is 8.42 Å². The second kappa shape index (κ2) is 6.16. The number of anilines is 1. The van der Waals surface area contributed by atoms with Gasteiger partial charge in [0.2, 0.25) is 6.10 Å². The maximum Gasteiger partial charge on any atom is 0.269 e. The van der Waals surface area contributed by atoms with E-state index in [0.29, 0.717) is 17.2 Å². The third-order valence-corrected chi connectivity index (χ3v) is 4.74. The fourth-order valence-electron chi connectivity index (χ4n) is 2.42. The minimum Gasteiger partial charge on any atom is -0.482 e. The molecule has 0 fully saturated rings. The highest BCUT2D eigenvalue weighted by Gasteiger charge is 2.34. The molecular weight excluding hydrogens is 330 g/mol. The predicted octanol–water partition coefficient (Wildman–Crippen LogP) is 2.26. The van der Waals surface area contributed by atoms with Crippen molar-refractivity contribution in [3.8, 4) is 11.5 Å². The van der Waals surface area contributed by atoms with Gasteiger partial charge >= 0.3 is 0 Å². The van der Waals surface area contributed by atoms with E-state index in [9.17, 15) is 13.2 Å². The molecule has 0 aromatic heterocycles. The Kier molecular flexibility index (Phi) is 4.19. The molecule has 2 atom stereocenters. The van der Waals surface area contributed by atoms with Crippen LogP contribution in [0, 0.1) is 0 Å². The van der Waals surface area contributed by atoms with Crippen LogP contribution in [-0.4, -0.2) is 32.8 Å². The molecule has 6 nitrogen and oxygen atoms in total. The predicted molar refractivity (Wildman–Crippen MR) is 89.1 cm³/mol. The largest absolute Gasteiger partial charge is 0.482 e. The monoisotopic (exact) mass is 347 g/mol. The van der Waals surface area contributed by atoms with Crippen LogP contribution in [0.4, 0.5) is 5.69 Å². The summed E-state index contributed by atoms with van der Waals surface area (Å²) in [6.45, 7) is 1.74. The zero-order chi connectivity index (χ0) is 17.3. The molecule has 0 saturated heterocycles. The van der Waals surface area contributed by atoms with Crippen molar-refractivity contribution in [3.63, 3.8) is 0 Å². The lowest BCUT2D eigenvalue weighted by Gasteiger charge is -2.31. The third-order valence-electron chi connectivity index (χ3n) is 3.63. The van der Waals surface area contributed by atoms with Gasteiger partial charge in [-0.3, -0.25) is 4.79 Å². The summed E-state index contributed by atoms with van der Waals surface area (Å²) in [5.74, 6) is 0.691. The minimum atomic E-state index is -3.34.